The highest BCUT2D eigenvalue weighted by atomic mass is 35.5. The number of nitro benzene ring substituents is 1. The molecule has 2 aromatic rings. The first-order valence-electron chi connectivity index (χ1n) is 15.8. The van der Waals surface area contributed by atoms with Gasteiger partial charge in [0.25, 0.3) is 11.6 Å². The third-order valence-corrected chi connectivity index (χ3v) is 7.58. The van der Waals surface area contributed by atoms with Crippen molar-refractivity contribution in [3.8, 4) is 0 Å². The summed E-state index contributed by atoms with van der Waals surface area (Å²) in [5, 5.41) is 27.5. The van der Waals surface area contributed by atoms with Gasteiger partial charge in [-0.3, -0.25) is 14.9 Å². The van der Waals surface area contributed by atoms with E-state index in [2.05, 4.69) is 29.0 Å². The van der Waals surface area contributed by atoms with Crippen LogP contribution in [0.2, 0.25) is 10.0 Å². The molecular formula is C35H48Cl2N4O6. The molecule has 0 aliphatic carbocycles. The number of anilines is 1. The molecule has 258 valence electrons. The Hall–Kier alpha value is -3.86. The van der Waals surface area contributed by atoms with Crippen molar-refractivity contribution in [2.45, 2.75) is 72.4 Å². The third kappa shape index (κ3) is 15.1. The highest BCUT2D eigenvalue weighted by Gasteiger charge is 2.26. The van der Waals surface area contributed by atoms with E-state index >= 15 is 0 Å². The average Bonchev–Trinajstić information content (AvgIpc) is 3.05. The van der Waals surface area contributed by atoms with Gasteiger partial charge in [-0.05, 0) is 88.5 Å². The number of carboxylic acids is 1. The van der Waals surface area contributed by atoms with Crippen LogP contribution in [-0.4, -0.2) is 54.1 Å². The lowest BCUT2D eigenvalue weighted by molar-refractivity contribution is -0.385. The molecule has 0 bridgehead atoms. The Bertz CT molecular complexity index is 1350. The van der Waals surface area contributed by atoms with Gasteiger partial charge in [-0.15, -0.1) is 0 Å². The quantitative estimate of drug-likeness (QED) is 0.0415. The molecule has 1 atom stereocenters. The fourth-order valence-corrected chi connectivity index (χ4v) is 4.85. The zero-order valence-corrected chi connectivity index (χ0v) is 29.3. The van der Waals surface area contributed by atoms with Crippen LogP contribution in [0.3, 0.4) is 0 Å². The van der Waals surface area contributed by atoms with E-state index in [1.807, 2.05) is 38.1 Å². The predicted octanol–water partition coefficient (Wildman–Crippen LogP) is 8.34. The Morgan fingerprint density at radius 2 is 1.79 bits per heavy atom. The standard InChI is InChI=1S/C21H34N4O5.C14H14Cl2O/c1-4-11-22-12-7-8-14-24(13-5-2)16-9-10-19(25(29)30)17(15-16)20(26)23-18(6-3)21(27)28;1-3-5-7-11(4-2)17-10-12-13(15)8-6-9-14(12)16/h9-10,15,18,22H,4-8,11-14H2,1-3H3,(H,23,26)(H,27,28);3-9H,1,10H2,2H3/b;7-5-,11-4+. The summed E-state index contributed by atoms with van der Waals surface area (Å²) in [7, 11) is 0. The first-order chi connectivity index (χ1) is 22.5. The monoisotopic (exact) mass is 690 g/mol. The van der Waals surface area contributed by atoms with Crippen molar-refractivity contribution in [2.24, 2.45) is 0 Å². The fraction of sp³-hybridized carbons (Fsp3) is 0.429. The number of rotatable bonds is 20. The highest BCUT2D eigenvalue weighted by molar-refractivity contribution is 6.35. The molecule has 2 aromatic carbocycles. The maximum atomic E-state index is 12.6. The van der Waals surface area contributed by atoms with Crippen LogP contribution in [-0.2, 0) is 16.1 Å². The number of aliphatic carboxylic acids is 1. The number of hydrogen-bond donors (Lipinski definition) is 3. The van der Waals surface area contributed by atoms with Crippen molar-refractivity contribution in [3.05, 3.63) is 104 Å². The molecule has 47 heavy (non-hydrogen) atoms. The number of carboxylic acid groups (broad SMARTS) is 1. The largest absolute Gasteiger partial charge is 0.489 e. The first kappa shape index (κ1) is 41.2. The lowest BCUT2D eigenvalue weighted by Crippen LogP contribution is -2.40. The summed E-state index contributed by atoms with van der Waals surface area (Å²) in [5.74, 6) is -1.17. The molecule has 0 fully saturated rings. The topological polar surface area (TPSA) is 134 Å². The lowest BCUT2D eigenvalue weighted by Gasteiger charge is -2.25. The van der Waals surface area contributed by atoms with E-state index in [1.165, 1.54) is 12.1 Å². The molecule has 0 aliphatic heterocycles. The van der Waals surface area contributed by atoms with Crippen molar-refractivity contribution in [1.82, 2.24) is 10.6 Å². The molecule has 0 aliphatic rings. The number of unbranched alkanes of at least 4 members (excludes halogenated alkanes) is 1. The number of nitrogens with zero attached hydrogens (tertiary/aromatic N) is 2. The van der Waals surface area contributed by atoms with Gasteiger partial charge in [-0.2, -0.15) is 0 Å². The van der Waals surface area contributed by atoms with Gasteiger partial charge in [0, 0.05) is 40.5 Å². The number of benzene rings is 2. The maximum absolute atomic E-state index is 12.6. The molecule has 2 rings (SSSR count). The minimum absolute atomic E-state index is 0.122. The molecule has 0 saturated carbocycles. The summed E-state index contributed by atoms with van der Waals surface area (Å²) in [5.41, 5.74) is 1.05. The van der Waals surface area contributed by atoms with Crippen molar-refractivity contribution in [3.63, 3.8) is 0 Å². The molecule has 1 amide bonds. The summed E-state index contributed by atoms with van der Waals surface area (Å²) in [6, 6.07) is 8.76. The van der Waals surface area contributed by atoms with Crippen LogP contribution in [0.1, 0.15) is 75.7 Å². The molecule has 10 nitrogen and oxygen atoms in total. The van der Waals surface area contributed by atoms with Crippen LogP contribution in [0, 0.1) is 10.1 Å². The Morgan fingerprint density at radius 3 is 2.34 bits per heavy atom. The van der Waals surface area contributed by atoms with E-state index in [0.29, 0.717) is 16.7 Å². The molecule has 1 unspecified atom stereocenters. The van der Waals surface area contributed by atoms with E-state index < -0.39 is 22.8 Å². The van der Waals surface area contributed by atoms with Gasteiger partial charge < -0.3 is 25.4 Å². The molecule has 12 heteroatoms. The number of carbonyl (C=O) groups is 2. The maximum Gasteiger partial charge on any atom is 0.326 e. The first-order valence-corrected chi connectivity index (χ1v) is 16.6. The zero-order chi connectivity index (χ0) is 35.2. The number of halogens is 2. The summed E-state index contributed by atoms with van der Waals surface area (Å²) in [6.45, 7) is 15.1. The smallest absolute Gasteiger partial charge is 0.326 e. The van der Waals surface area contributed by atoms with Gasteiger partial charge in [-0.1, -0.05) is 68.8 Å². The summed E-state index contributed by atoms with van der Waals surface area (Å²) >= 11 is 12.1. The number of nitrogens with one attached hydrogen (secondary N) is 2. The number of nitro groups is 1. The Balaban J connectivity index is 0.000000548. The summed E-state index contributed by atoms with van der Waals surface area (Å²) < 4.78 is 5.60. The van der Waals surface area contributed by atoms with Crippen LogP contribution in [0.25, 0.3) is 0 Å². The molecule has 0 spiro atoms. The summed E-state index contributed by atoms with van der Waals surface area (Å²) in [4.78, 5) is 36.8. The molecular weight excluding hydrogens is 643 g/mol. The number of carbonyl (C=O) groups excluding carboxylic acids is 1. The minimum atomic E-state index is -1.17. The van der Waals surface area contributed by atoms with Gasteiger partial charge in [0.1, 0.15) is 24.0 Å². The number of allylic oxidation sites excluding steroid dienone is 4. The Labute approximate surface area is 288 Å². The van der Waals surface area contributed by atoms with Crippen molar-refractivity contribution in [2.75, 3.05) is 31.1 Å². The zero-order valence-electron chi connectivity index (χ0n) is 27.8. The van der Waals surface area contributed by atoms with E-state index in [9.17, 15) is 24.8 Å². The number of amides is 1. The summed E-state index contributed by atoms with van der Waals surface area (Å²) in [6.07, 6.45) is 11.3. The Morgan fingerprint density at radius 1 is 1.09 bits per heavy atom. The van der Waals surface area contributed by atoms with E-state index in [0.717, 1.165) is 68.9 Å². The van der Waals surface area contributed by atoms with E-state index in [1.54, 1.807) is 31.2 Å². The minimum Gasteiger partial charge on any atom is -0.489 e. The van der Waals surface area contributed by atoms with Gasteiger partial charge in [0.2, 0.25) is 0 Å². The highest BCUT2D eigenvalue weighted by Crippen LogP contribution is 2.27. The predicted molar refractivity (Wildman–Crippen MR) is 192 cm³/mol. The Kier molecular flexibility index (Phi) is 20.5. The van der Waals surface area contributed by atoms with Crippen molar-refractivity contribution < 1.29 is 24.4 Å². The van der Waals surface area contributed by atoms with Gasteiger partial charge >= 0.3 is 5.97 Å². The SMILES string of the molecule is C=C/C=C\C(=C/C)OCc1c(Cl)cccc1Cl.CCCNCCCCN(CCC)c1ccc([N+](=O)[O-])c(C(=O)NC(CC)C(=O)O)c1. The average molecular weight is 692 g/mol. The van der Waals surface area contributed by atoms with Crippen LogP contribution in [0.15, 0.2) is 73.0 Å². The van der Waals surface area contributed by atoms with Crippen LogP contribution in [0.4, 0.5) is 11.4 Å². The van der Waals surface area contributed by atoms with Crippen LogP contribution < -0.4 is 15.5 Å². The fourth-order valence-electron chi connectivity index (χ4n) is 4.35. The normalized spacial score (nSPS) is 11.7. The van der Waals surface area contributed by atoms with E-state index in [-0.39, 0.29) is 17.7 Å². The van der Waals surface area contributed by atoms with Gasteiger partial charge in [0.15, 0.2) is 0 Å². The van der Waals surface area contributed by atoms with E-state index in [4.69, 9.17) is 27.9 Å². The molecule has 0 saturated heterocycles. The molecule has 3 N–H and O–H groups in total. The van der Waals surface area contributed by atoms with Crippen LogP contribution in [0.5, 0.6) is 0 Å². The second-order valence-electron chi connectivity index (χ2n) is 10.5. The third-order valence-electron chi connectivity index (χ3n) is 6.88. The lowest BCUT2D eigenvalue weighted by atomic mass is 10.1. The second kappa shape index (κ2) is 23.5. The molecule has 0 radical (unpaired) electrons. The van der Waals surface area contributed by atoms with Gasteiger partial charge in [-0.25, -0.2) is 4.79 Å². The van der Waals surface area contributed by atoms with Crippen LogP contribution >= 0.6 is 23.2 Å². The second-order valence-corrected chi connectivity index (χ2v) is 11.3. The molecule has 0 heterocycles. The van der Waals surface area contributed by atoms with Crippen molar-refractivity contribution >= 4 is 46.5 Å². The van der Waals surface area contributed by atoms with Gasteiger partial charge in [0.05, 0.1) is 4.92 Å². The van der Waals surface area contributed by atoms with Crippen molar-refractivity contribution in [1.29, 1.82) is 0 Å². The number of hydrogen-bond acceptors (Lipinski definition) is 7. The number of ether oxygens (including phenoxy) is 1. The molecule has 0 aromatic heterocycles.